The maximum Gasteiger partial charge on any atom is 0.0693 e. The van der Waals surface area contributed by atoms with E-state index < -0.39 is 0 Å². The maximum absolute atomic E-state index is 4.56. The Labute approximate surface area is 85.9 Å². The zero-order valence-electron chi connectivity index (χ0n) is 9.22. The second kappa shape index (κ2) is 3.56. The van der Waals surface area contributed by atoms with Crippen molar-refractivity contribution in [1.82, 2.24) is 4.98 Å². The molecule has 0 radical (unpaired) electrons. The molecular formula is C13H17N. The summed E-state index contributed by atoms with van der Waals surface area (Å²) < 4.78 is 0. The van der Waals surface area contributed by atoms with Crippen molar-refractivity contribution < 1.29 is 0 Å². The highest BCUT2D eigenvalue weighted by molar-refractivity contribution is 5.69. The van der Waals surface area contributed by atoms with Crippen LogP contribution in [-0.2, 0) is 6.42 Å². The molecule has 74 valence electrons. The van der Waals surface area contributed by atoms with E-state index >= 15 is 0 Å². The molecule has 0 aromatic carbocycles. The molecule has 1 aliphatic carbocycles. The lowest BCUT2D eigenvalue weighted by Crippen LogP contribution is -2.05. The van der Waals surface area contributed by atoms with Crippen molar-refractivity contribution in [1.29, 1.82) is 0 Å². The average molecular weight is 187 g/mol. The number of allylic oxidation sites excluding steroid dienone is 2. The molecule has 1 heterocycles. The molecule has 0 fully saturated rings. The van der Waals surface area contributed by atoms with Gasteiger partial charge in [-0.25, -0.2) is 0 Å². The van der Waals surface area contributed by atoms with Gasteiger partial charge in [0.2, 0.25) is 0 Å². The third-order valence-electron chi connectivity index (χ3n) is 2.87. The van der Waals surface area contributed by atoms with Crippen LogP contribution in [0.4, 0.5) is 0 Å². The molecule has 1 aromatic rings. The number of hydrogen-bond acceptors (Lipinski definition) is 1. The van der Waals surface area contributed by atoms with E-state index in [0.29, 0.717) is 0 Å². The van der Waals surface area contributed by atoms with E-state index in [1.807, 2.05) is 6.20 Å². The largest absolute Gasteiger partial charge is 0.256 e. The average Bonchev–Trinajstić information content (AvgIpc) is 2.16. The summed E-state index contributed by atoms with van der Waals surface area (Å²) in [5.41, 5.74) is 6.85. The van der Waals surface area contributed by atoms with Crippen LogP contribution in [0.2, 0.25) is 0 Å². The number of rotatable bonds is 0. The van der Waals surface area contributed by atoms with Gasteiger partial charge in [-0.1, -0.05) is 11.6 Å². The third kappa shape index (κ3) is 1.59. The van der Waals surface area contributed by atoms with Crippen molar-refractivity contribution in [2.75, 3.05) is 0 Å². The molecule has 0 spiro atoms. The first-order chi connectivity index (χ1) is 6.68. The summed E-state index contributed by atoms with van der Waals surface area (Å²) in [5.74, 6) is 0. The van der Waals surface area contributed by atoms with Crippen molar-refractivity contribution in [3.05, 3.63) is 34.7 Å². The Bertz CT molecular complexity index is 384. The zero-order chi connectivity index (χ0) is 10.1. The summed E-state index contributed by atoms with van der Waals surface area (Å²) in [6.45, 7) is 6.49. The minimum Gasteiger partial charge on any atom is -0.256 e. The van der Waals surface area contributed by atoms with Gasteiger partial charge < -0.3 is 0 Å². The molecular weight excluding hydrogens is 170 g/mol. The molecule has 0 aliphatic heterocycles. The Morgan fingerprint density at radius 1 is 1.29 bits per heavy atom. The molecule has 0 amide bonds. The van der Waals surface area contributed by atoms with Crippen LogP contribution in [0, 0.1) is 6.92 Å². The van der Waals surface area contributed by atoms with Crippen molar-refractivity contribution in [3.8, 4) is 0 Å². The van der Waals surface area contributed by atoms with Crippen LogP contribution in [0.1, 0.15) is 43.5 Å². The fourth-order valence-corrected chi connectivity index (χ4v) is 2.15. The molecule has 1 aliphatic rings. The van der Waals surface area contributed by atoms with E-state index in [-0.39, 0.29) is 0 Å². The standard InChI is InChI=1S/C13H17N/c1-9(2)12-6-4-5-11-7-10(3)8-14-13(11)12/h7-8H,4-6H2,1-3H3. The summed E-state index contributed by atoms with van der Waals surface area (Å²) >= 11 is 0. The van der Waals surface area contributed by atoms with Gasteiger partial charge in [-0.05, 0) is 56.7 Å². The highest BCUT2D eigenvalue weighted by atomic mass is 14.7. The monoisotopic (exact) mass is 187 g/mol. The molecule has 0 unspecified atom stereocenters. The van der Waals surface area contributed by atoms with Gasteiger partial charge in [0.25, 0.3) is 0 Å². The Morgan fingerprint density at radius 2 is 2.07 bits per heavy atom. The van der Waals surface area contributed by atoms with E-state index in [2.05, 4.69) is 31.8 Å². The van der Waals surface area contributed by atoms with Gasteiger partial charge in [0.1, 0.15) is 0 Å². The van der Waals surface area contributed by atoms with Gasteiger partial charge in [0, 0.05) is 6.20 Å². The second-order valence-corrected chi connectivity index (χ2v) is 4.35. The van der Waals surface area contributed by atoms with Crippen molar-refractivity contribution >= 4 is 5.57 Å². The molecule has 1 aromatic heterocycles. The first kappa shape index (κ1) is 9.45. The van der Waals surface area contributed by atoms with Gasteiger partial charge in [-0.3, -0.25) is 4.98 Å². The van der Waals surface area contributed by atoms with Gasteiger partial charge in [-0.2, -0.15) is 0 Å². The number of nitrogens with zero attached hydrogens (tertiary/aromatic N) is 1. The predicted octanol–water partition coefficient (Wildman–Crippen LogP) is 3.52. The Kier molecular flexibility index (Phi) is 2.40. The molecule has 0 saturated carbocycles. The van der Waals surface area contributed by atoms with E-state index in [9.17, 15) is 0 Å². The molecule has 0 N–H and O–H groups in total. The maximum atomic E-state index is 4.56. The normalized spacial score (nSPS) is 15.2. The van der Waals surface area contributed by atoms with Crippen molar-refractivity contribution in [2.45, 2.75) is 40.0 Å². The molecule has 2 rings (SSSR count). The Morgan fingerprint density at radius 3 is 2.79 bits per heavy atom. The summed E-state index contributed by atoms with van der Waals surface area (Å²) in [5, 5.41) is 0. The fourth-order valence-electron chi connectivity index (χ4n) is 2.15. The van der Waals surface area contributed by atoms with Crippen LogP contribution >= 0.6 is 0 Å². The van der Waals surface area contributed by atoms with Gasteiger partial charge in [0.05, 0.1) is 5.69 Å². The lowest BCUT2D eigenvalue weighted by atomic mass is 9.88. The summed E-state index contributed by atoms with van der Waals surface area (Å²) in [4.78, 5) is 4.56. The van der Waals surface area contributed by atoms with Crippen molar-refractivity contribution in [3.63, 3.8) is 0 Å². The van der Waals surface area contributed by atoms with Crippen LogP contribution in [-0.4, -0.2) is 4.98 Å². The quantitative estimate of drug-likeness (QED) is 0.605. The van der Waals surface area contributed by atoms with Crippen LogP contribution in [0.5, 0.6) is 0 Å². The second-order valence-electron chi connectivity index (χ2n) is 4.35. The Balaban J connectivity index is 2.56. The third-order valence-corrected chi connectivity index (χ3v) is 2.87. The Hall–Kier alpha value is -1.11. The molecule has 0 saturated heterocycles. The van der Waals surface area contributed by atoms with E-state index in [4.69, 9.17) is 0 Å². The van der Waals surface area contributed by atoms with Crippen LogP contribution in [0.3, 0.4) is 0 Å². The van der Waals surface area contributed by atoms with Crippen LogP contribution in [0.25, 0.3) is 5.57 Å². The van der Waals surface area contributed by atoms with Crippen LogP contribution < -0.4 is 0 Å². The number of aryl methyl sites for hydroxylation is 2. The number of aromatic nitrogens is 1. The van der Waals surface area contributed by atoms with E-state index in [1.165, 1.54) is 47.2 Å². The summed E-state index contributed by atoms with van der Waals surface area (Å²) in [7, 11) is 0. The highest BCUT2D eigenvalue weighted by Crippen LogP contribution is 2.31. The number of pyridine rings is 1. The smallest absolute Gasteiger partial charge is 0.0693 e. The lowest BCUT2D eigenvalue weighted by Gasteiger charge is -2.19. The molecule has 1 heteroatoms. The molecule has 1 nitrogen and oxygen atoms in total. The van der Waals surface area contributed by atoms with Crippen LogP contribution in [0.15, 0.2) is 17.8 Å². The number of hydrogen-bond donors (Lipinski definition) is 0. The minimum absolute atomic E-state index is 1.20. The van der Waals surface area contributed by atoms with E-state index in [0.717, 1.165) is 0 Å². The van der Waals surface area contributed by atoms with Gasteiger partial charge in [0.15, 0.2) is 0 Å². The van der Waals surface area contributed by atoms with Gasteiger partial charge >= 0.3 is 0 Å². The summed E-state index contributed by atoms with van der Waals surface area (Å²) in [6.07, 6.45) is 5.65. The highest BCUT2D eigenvalue weighted by Gasteiger charge is 2.15. The predicted molar refractivity (Wildman–Crippen MR) is 60.2 cm³/mol. The fraction of sp³-hybridized carbons (Fsp3) is 0.462. The van der Waals surface area contributed by atoms with Crippen molar-refractivity contribution in [2.24, 2.45) is 0 Å². The topological polar surface area (TPSA) is 12.9 Å². The SMILES string of the molecule is CC(C)=C1CCCc2cc(C)cnc21. The number of fused-ring (bicyclic) bond motifs is 1. The molecule has 14 heavy (non-hydrogen) atoms. The van der Waals surface area contributed by atoms with Gasteiger partial charge in [-0.15, -0.1) is 0 Å². The first-order valence-electron chi connectivity index (χ1n) is 5.30. The molecule has 0 bridgehead atoms. The van der Waals surface area contributed by atoms with E-state index in [1.54, 1.807) is 0 Å². The summed E-state index contributed by atoms with van der Waals surface area (Å²) in [6, 6.07) is 2.28. The lowest BCUT2D eigenvalue weighted by molar-refractivity contribution is 0.802. The first-order valence-corrected chi connectivity index (χ1v) is 5.30. The molecule has 0 atom stereocenters. The minimum atomic E-state index is 1.20. The zero-order valence-corrected chi connectivity index (χ0v) is 9.22.